The Bertz CT molecular complexity index is 868. The molecule has 2 aromatic carbocycles. The molecule has 3 aromatic rings. The van der Waals surface area contributed by atoms with Gasteiger partial charge in [0, 0.05) is 11.6 Å². The van der Waals surface area contributed by atoms with Crippen LogP contribution in [0.1, 0.15) is 16.8 Å². The molecule has 3 rings (SSSR count). The zero-order valence-corrected chi connectivity index (χ0v) is 13.0. The Balaban J connectivity index is 2.20. The van der Waals surface area contributed by atoms with Gasteiger partial charge in [-0.15, -0.1) is 0 Å². The molecule has 0 aliphatic heterocycles. The Morgan fingerprint density at radius 3 is 2.45 bits per heavy atom. The molecule has 0 aliphatic carbocycles. The van der Waals surface area contributed by atoms with Crippen LogP contribution in [0.25, 0.3) is 16.8 Å². The van der Waals surface area contributed by atoms with Gasteiger partial charge in [0.1, 0.15) is 0 Å². The average Bonchev–Trinajstić information content (AvgIpc) is 2.85. The van der Waals surface area contributed by atoms with Crippen LogP contribution in [0.3, 0.4) is 0 Å². The van der Waals surface area contributed by atoms with Crippen LogP contribution in [0.15, 0.2) is 54.7 Å². The molecule has 0 radical (unpaired) electrons. The van der Waals surface area contributed by atoms with E-state index in [1.807, 2.05) is 43.4 Å². The van der Waals surface area contributed by atoms with E-state index in [1.54, 1.807) is 0 Å². The highest BCUT2D eigenvalue weighted by Crippen LogP contribution is 2.22. The van der Waals surface area contributed by atoms with Crippen LogP contribution in [0.2, 0.25) is 0 Å². The molecule has 0 atom stereocenters. The number of aryl methyl sites for hydroxylation is 1. The molecule has 3 nitrogen and oxygen atoms in total. The van der Waals surface area contributed by atoms with Crippen molar-refractivity contribution in [1.29, 1.82) is 5.26 Å². The van der Waals surface area contributed by atoms with Crippen molar-refractivity contribution < 1.29 is 4.68 Å². The van der Waals surface area contributed by atoms with Crippen LogP contribution in [0.5, 0.6) is 0 Å². The second kappa shape index (κ2) is 5.50. The Kier molecular flexibility index (Phi) is 3.52. The lowest BCUT2D eigenvalue weighted by Gasteiger charge is -2.01. The summed E-state index contributed by atoms with van der Waals surface area (Å²) in [5.74, 6) is 0. The summed E-state index contributed by atoms with van der Waals surface area (Å²) >= 11 is 0. The largest absolute Gasteiger partial charge is 0.240 e. The predicted molar refractivity (Wildman–Crippen MR) is 86.6 cm³/mol. The number of aromatic nitrogens is 2. The van der Waals surface area contributed by atoms with Gasteiger partial charge in [-0.3, -0.25) is 0 Å². The first-order chi connectivity index (χ1) is 10.6. The molecule has 108 valence electrons. The summed E-state index contributed by atoms with van der Waals surface area (Å²) in [6.07, 6.45) is 2.13. The zero-order chi connectivity index (χ0) is 15.7. The van der Waals surface area contributed by atoms with E-state index in [0.717, 1.165) is 11.3 Å². The fourth-order valence-corrected chi connectivity index (χ4v) is 2.70. The molecular formula is C19H18N3+. The first kappa shape index (κ1) is 14.1. The normalized spacial score (nSPS) is 10.5. The maximum absolute atomic E-state index is 9.14. The molecule has 0 aliphatic rings. The van der Waals surface area contributed by atoms with Crippen LogP contribution >= 0.6 is 0 Å². The van der Waals surface area contributed by atoms with Crippen molar-refractivity contribution in [2.75, 3.05) is 0 Å². The van der Waals surface area contributed by atoms with E-state index in [9.17, 15) is 0 Å². The van der Waals surface area contributed by atoms with E-state index in [0.29, 0.717) is 5.56 Å². The van der Waals surface area contributed by atoms with Crippen molar-refractivity contribution in [3.05, 3.63) is 71.5 Å². The SMILES string of the molecule is Cc1ccc(C#N)cc1-[n+]1cc(-c2ccccc2)c(C)n1C. The first-order valence-electron chi connectivity index (χ1n) is 7.26. The molecule has 0 fully saturated rings. The lowest BCUT2D eigenvalue weighted by molar-refractivity contribution is -0.683. The molecule has 0 N–H and O–H groups in total. The Hall–Kier alpha value is -2.86. The summed E-state index contributed by atoms with van der Waals surface area (Å²) in [5, 5.41) is 9.14. The van der Waals surface area contributed by atoms with Crippen molar-refractivity contribution in [3.63, 3.8) is 0 Å². The Morgan fingerprint density at radius 2 is 1.77 bits per heavy atom. The number of nitrogens with zero attached hydrogens (tertiary/aromatic N) is 3. The molecule has 0 spiro atoms. The lowest BCUT2D eigenvalue weighted by atomic mass is 10.1. The van der Waals surface area contributed by atoms with Crippen LogP contribution in [0.4, 0.5) is 0 Å². The van der Waals surface area contributed by atoms with Gasteiger partial charge in [0.25, 0.3) is 0 Å². The van der Waals surface area contributed by atoms with Gasteiger partial charge in [-0.2, -0.15) is 9.94 Å². The summed E-state index contributed by atoms with van der Waals surface area (Å²) < 4.78 is 4.22. The van der Waals surface area contributed by atoms with Crippen LogP contribution < -0.4 is 4.68 Å². The number of hydrogen-bond donors (Lipinski definition) is 0. The Morgan fingerprint density at radius 1 is 1.05 bits per heavy atom. The quantitative estimate of drug-likeness (QED) is 0.665. The smallest absolute Gasteiger partial charge is 0.192 e. The van der Waals surface area contributed by atoms with Gasteiger partial charge >= 0.3 is 0 Å². The molecule has 0 unspecified atom stereocenters. The van der Waals surface area contributed by atoms with Gasteiger partial charge in [-0.1, -0.05) is 41.1 Å². The fourth-order valence-electron chi connectivity index (χ4n) is 2.70. The fraction of sp³-hybridized carbons (Fsp3) is 0.158. The minimum atomic E-state index is 0.674. The molecule has 1 heterocycles. The molecule has 0 saturated heterocycles. The van der Waals surface area contributed by atoms with E-state index in [4.69, 9.17) is 5.26 Å². The van der Waals surface area contributed by atoms with Crippen molar-refractivity contribution >= 4 is 0 Å². The first-order valence-corrected chi connectivity index (χ1v) is 7.26. The van der Waals surface area contributed by atoms with E-state index in [1.165, 1.54) is 16.8 Å². The van der Waals surface area contributed by atoms with Crippen molar-refractivity contribution in [1.82, 2.24) is 4.68 Å². The highest BCUT2D eigenvalue weighted by Gasteiger charge is 2.21. The van der Waals surface area contributed by atoms with Crippen LogP contribution in [0, 0.1) is 25.2 Å². The van der Waals surface area contributed by atoms with E-state index >= 15 is 0 Å². The monoisotopic (exact) mass is 288 g/mol. The lowest BCUT2D eigenvalue weighted by Crippen LogP contribution is -2.39. The molecule has 0 saturated carbocycles. The van der Waals surface area contributed by atoms with Crippen LogP contribution in [-0.2, 0) is 7.05 Å². The van der Waals surface area contributed by atoms with Gasteiger partial charge < -0.3 is 0 Å². The summed E-state index contributed by atoms with van der Waals surface area (Å²) in [5.41, 5.74) is 6.44. The third-order valence-corrected chi connectivity index (χ3v) is 4.12. The number of benzene rings is 2. The summed E-state index contributed by atoms with van der Waals surface area (Å²) in [4.78, 5) is 0. The van der Waals surface area contributed by atoms with Crippen molar-refractivity contribution in [2.24, 2.45) is 7.05 Å². The predicted octanol–water partition coefficient (Wildman–Crippen LogP) is 3.46. The maximum Gasteiger partial charge on any atom is 0.240 e. The minimum Gasteiger partial charge on any atom is -0.192 e. The summed E-state index contributed by atoms with van der Waals surface area (Å²) in [6.45, 7) is 4.18. The van der Waals surface area contributed by atoms with Gasteiger partial charge in [-0.25, -0.2) is 0 Å². The van der Waals surface area contributed by atoms with E-state index in [2.05, 4.69) is 47.6 Å². The topological polar surface area (TPSA) is 32.6 Å². The number of hydrogen-bond acceptors (Lipinski definition) is 1. The minimum absolute atomic E-state index is 0.674. The zero-order valence-electron chi connectivity index (χ0n) is 13.0. The maximum atomic E-state index is 9.14. The summed E-state index contributed by atoms with van der Waals surface area (Å²) in [7, 11) is 2.04. The standard InChI is InChI=1S/C19H18N3/c1-14-9-10-16(12-20)11-19(14)22-13-18(15(2)21(22)3)17-7-5-4-6-8-17/h4-11,13H,1-3H3/q+1. The second-order valence-corrected chi connectivity index (χ2v) is 5.48. The molecule has 0 amide bonds. The third-order valence-electron chi connectivity index (χ3n) is 4.12. The highest BCUT2D eigenvalue weighted by atomic mass is 15.4. The number of nitriles is 1. The molecule has 22 heavy (non-hydrogen) atoms. The average molecular weight is 288 g/mol. The number of rotatable bonds is 2. The highest BCUT2D eigenvalue weighted by molar-refractivity contribution is 5.64. The molecule has 1 aromatic heterocycles. The van der Waals surface area contributed by atoms with Crippen molar-refractivity contribution in [2.45, 2.75) is 13.8 Å². The van der Waals surface area contributed by atoms with Crippen LogP contribution in [-0.4, -0.2) is 4.68 Å². The van der Waals surface area contributed by atoms with Gasteiger partial charge in [0.05, 0.1) is 29.9 Å². The Labute approximate surface area is 130 Å². The van der Waals surface area contributed by atoms with Gasteiger partial charge in [0.15, 0.2) is 0 Å². The van der Waals surface area contributed by atoms with E-state index < -0.39 is 0 Å². The molecule has 3 heteroatoms. The van der Waals surface area contributed by atoms with Crippen molar-refractivity contribution in [3.8, 4) is 22.9 Å². The third kappa shape index (κ3) is 2.29. The van der Waals surface area contributed by atoms with E-state index in [-0.39, 0.29) is 0 Å². The van der Waals surface area contributed by atoms with Gasteiger partial charge in [-0.05, 0) is 25.5 Å². The van der Waals surface area contributed by atoms with Gasteiger partial charge in [0.2, 0.25) is 11.9 Å². The second-order valence-electron chi connectivity index (χ2n) is 5.48. The summed E-state index contributed by atoms with van der Waals surface area (Å²) in [6, 6.07) is 18.3. The molecule has 0 bridgehead atoms. The molecular weight excluding hydrogens is 270 g/mol.